The summed E-state index contributed by atoms with van der Waals surface area (Å²) < 4.78 is 0. The van der Waals surface area contributed by atoms with Crippen LogP contribution in [-0.2, 0) is 0 Å². The summed E-state index contributed by atoms with van der Waals surface area (Å²) in [7, 11) is 0. The number of hydrogen-bond donors (Lipinski definition) is 2. The van der Waals surface area contributed by atoms with Crippen LogP contribution in [0.2, 0.25) is 0 Å². The van der Waals surface area contributed by atoms with E-state index in [1.807, 2.05) is 24.3 Å². The van der Waals surface area contributed by atoms with Crippen molar-refractivity contribution in [3.05, 3.63) is 29.8 Å². The Bertz CT molecular complexity index is 380. The lowest BCUT2D eigenvalue weighted by Crippen LogP contribution is -2.26. The van der Waals surface area contributed by atoms with Crippen molar-refractivity contribution < 1.29 is 4.79 Å². The van der Waals surface area contributed by atoms with Crippen molar-refractivity contribution in [2.75, 3.05) is 23.9 Å². The normalized spacial score (nSPS) is 10.4. The average molecular weight is 266 g/mol. The van der Waals surface area contributed by atoms with Crippen LogP contribution in [-0.4, -0.2) is 30.5 Å². The van der Waals surface area contributed by atoms with Gasteiger partial charge in [-0.15, -0.1) is 0 Å². The SMILES string of the molecule is CSCCCNC(=O)c1ccccc1NC(C)C. The Kier molecular flexibility index (Phi) is 6.65. The van der Waals surface area contributed by atoms with Gasteiger partial charge < -0.3 is 10.6 Å². The van der Waals surface area contributed by atoms with Crippen molar-refractivity contribution >= 4 is 23.4 Å². The summed E-state index contributed by atoms with van der Waals surface area (Å²) in [5.41, 5.74) is 1.62. The highest BCUT2D eigenvalue weighted by molar-refractivity contribution is 7.98. The van der Waals surface area contributed by atoms with Crippen LogP contribution in [0.15, 0.2) is 24.3 Å². The molecule has 0 heterocycles. The second-order valence-electron chi connectivity index (χ2n) is 4.45. The van der Waals surface area contributed by atoms with Crippen LogP contribution < -0.4 is 10.6 Å². The van der Waals surface area contributed by atoms with Crippen molar-refractivity contribution in [2.45, 2.75) is 26.3 Å². The number of nitrogens with one attached hydrogen (secondary N) is 2. The number of anilines is 1. The summed E-state index contributed by atoms with van der Waals surface area (Å²) in [4.78, 5) is 12.1. The maximum Gasteiger partial charge on any atom is 0.253 e. The molecule has 18 heavy (non-hydrogen) atoms. The van der Waals surface area contributed by atoms with Gasteiger partial charge in [0, 0.05) is 18.3 Å². The lowest BCUT2D eigenvalue weighted by Gasteiger charge is -2.14. The molecule has 1 aromatic rings. The van der Waals surface area contributed by atoms with Gasteiger partial charge >= 0.3 is 0 Å². The first kappa shape index (κ1) is 14.9. The van der Waals surface area contributed by atoms with Crippen molar-refractivity contribution in [3.8, 4) is 0 Å². The van der Waals surface area contributed by atoms with Gasteiger partial charge in [-0.3, -0.25) is 4.79 Å². The van der Waals surface area contributed by atoms with Crippen LogP contribution in [0.4, 0.5) is 5.69 Å². The average Bonchev–Trinajstić information content (AvgIpc) is 2.34. The molecule has 0 spiro atoms. The monoisotopic (exact) mass is 266 g/mol. The van der Waals surface area contributed by atoms with Crippen molar-refractivity contribution in [3.63, 3.8) is 0 Å². The summed E-state index contributed by atoms with van der Waals surface area (Å²) in [6, 6.07) is 7.94. The van der Waals surface area contributed by atoms with Crippen molar-refractivity contribution in [1.82, 2.24) is 5.32 Å². The molecular weight excluding hydrogens is 244 g/mol. The minimum Gasteiger partial charge on any atom is -0.382 e. The molecule has 1 rings (SSSR count). The molecule has 4 heteroatoms. The molecule has 0 saturated heterocycles. The van der Waals surface area contributed by atoms with Gasteiger partial charge in [0.2, 0.25) is 0 Å². The summed E-state index contributed by atoms with van der Waals surface area (Å²) in [6.45, 7) is 4.86. The Morgan fingerprint density at radius 1 is 1.33 bits per heavy atom. The molecule has 3 nitrogen and oxygen atoms in total. The highest BCUT2D eigenvalue weighted by Crippen LogP contribution is 2.15. The highest BCUT2D eigenvalue weighted by atomic mass is 32.2. The summed E-state index contributed by atoms with van der Waals surface area (Å²) in [5, 5.41) is 6.25. The zero-order valence-corrected chi connectivity index (χ0v) is 12.1. The Morgan fingerprint density at radius 3 is 2.72 bits per heavy atom. The number of thioether (sulfide) groups is 1. The van der Waals surface area contributed by atoms with Gasteiger partial charge in [0.15, 0.2) is 0 Å². The van der Waals surface area contributed by atoms with Gasteiger partial charge in [-0.2, -0.15) is 11.8 Å². The molecule has 0 unspecified atom stereocenters. The van der Waals surface area contributed by atoms with Crippen molar-refractivity contribution in [1.29, 1.82) is 0 Å². The molecule has 100 valence electrons. The molecule has 0 aromatic heterocycles. The molecule has 0 aliphatic heterocycles. The second-order valence-corrected chi connectivity index (χ2v) is 5.43. The van der Waals surface area contributed by atoms with Crippen LogP contribution in [0.3, 0.4) is 0 Å². The van der Waals surface area contributed by atoms with E-state index in [1.54, 1.807) is 11.8 Å². The van der Waals surface area contributed by atoms with Crippen LogP contribution in [0.25, 0.3) is 0 Å². The predicted molar refractivity (Wildman–Crippen MR) is 80.5 cm³/mol. The Labute approximate surface area is 114 Å². The van der Waals surface area contributed by atoms with E-state index < -0.39 is 0 Å². The lowest BCUT2D eigenvalue weighted by molar-refractivity contribution is 0.0954. The molecular formula is C14H22N2OS. The van der Waals surface area contributed by atoms with Crippen LogP contribution in [0, 0.1) is 0 Å². The first-order valence-corrected chi connectivity index (χ1v) is 7.67. The van der Waals surface area contributed by atoms with Crippen LogP contribution in [0.5, 0.6) is 0 Å². The van der Waals surface area contributed by atoms with E-state index in [4.69, 9.17) is 0 Å². The van der Waals surface area contributed by atoms with E-state index in [9.17, 15) is 4.79 Å². The second kappa shape index (κ2) is 8.03. The number of carbonyl (C=O) groups is 1. The number of amides is 1. The molecule has 0 aliphatic carbocycles. The molecule has 1 aromatic carbocycles. The molecule has 2 N–H and O–H groups in total. The number of para-hydroxylation sites is 1. The molecule has 0 bridgehead atoms. The fourth-order valence-corrected chi connectivity index (χ4v) is 2.06. The first-order valence-electron chi connectivity index (χ1n) is 6.28. The third kappa shape index (κ3) is 5.00. The molecule has 0 fully saturated rings. The first-order chi connectivity index (χ1) is 8.65. The van der Waals surface area contributed by atoms with E-state index in [2.05, 4.69) is 30.7 Å². The third-order valence-corrected chi connectivity index (χ3v) is 3.12. The van der Waals surface area contributed by atoms with Gasteiger partial charge in [0.25, 0.3) is 5.91 Å². The quantitative estimate of drug-likeness (QED) is 0.745. The maximum absolute atomic E-state index is 12.1. The number of carbonyl (C=O) groups excluding carboxylic acids is 1. The third-order valence-electron chi connectivity index (χ3n) is 2.43. The maximum atomic E-state index is 12.1. The van der Waals surface area contributed by atoms with Gasteiger partial charge in [0.05, 0.1) is 5.56 Å². The zero-order valence-electron chi connectivity index (χ0n) is 11.3. The van der Waals surface area contributed by atoms with Gasteiger partial charge in [-0.25, -0.2) is 0 Å². The van der Waals surface area contributed by atoms with Crippen LogP contribution >= 0.6 is 11.8 Å². The fraction of sp³-hybridized carbons (Fsp3) is 0.500. The molecule has 0 saturated carbocycles. The Morgan fingerprint density at radius 2 is 2.06 bits per heavy atom. The van der Waals surface area contributed by atoms with E-state index in [0.717, 1.165) is 30.0 Å². The predicted octanol–water partition coefficient (Wildman–Crippen LogP) is 2.99. The smallest absolute Gasteiger partial charge is 0.253 e. The minimum atomic E-state index is -0.000136. The standard InChI is InChI=1S/C14H22N2OS/c1-11(2)16-13-8-5-4-7-12(13)14(17)15-9-6-10-18-3/h4-5,7-8,11,16H,6,9-10H2,1-3H3,(H,15,17). The largest absolute Gasteiger partial charge is 0.382 e. The number of hydrogen-bond acceptors (Lipinski definition) is 3. The van der Waals surface area contributed by atoms with Gasteiger partial charge in [-0.05, 0) is 44.4 Å². The van der Waals surface area contributed by atoms with Gasteiger partial charge in [-0.1, -0.05) is 12.1 Å². The highest BCUT2D eigenvalue weighted by Gasteiger charge is 2.10. The summed E-state index contributed by atoms with van der Waals surface area (Å²) in [5.74, 6) is 1.08. The fourth-order valence-electron chi connectivity index (χ4n) is 1.63. The zero-order chi connectivity index (χ0) is 13.4. The Hall–Kier alpha value is -1.16. The van der Waals surface area contributed by atoms with Crippen molar-refractivity contribution in [2.24, 2.45) is 0 Å². The van der Waals surface area contributed by atoms with E-state index >= 15 is 0 Å². The Balaban J connectivity index is 2.61. The molecule has 0 radical (unpaired) electrons. The van der Waals surface area contributed by atoms with Crippen LogP contribution in [0.1, 0.15) is 30.6 Å². The van der Waals surface area contributed by atoms with E-state index in [-0.39, 0.29) is 5.91 Å². The van der Waals surface area contributed by atoms with E-state index in [0.29, 0.717) is 6.04 Å². The topological polar surface area (TPSA) is 41.1 Å². The molecule has 0 atom stereocenters. The molecule has 0 aliphatic rings. The molecule has 1 amide bonds. The number of rotatable bonds is 7. The summed E-state index contributed by atoms with van der Waals surface area (Å²) >= 11 is 1.80. The lowest BCUT2D eigenvalue weighted by atomic mass is 10.1. The van der Waals surface area contributed by atoms with E-state index in [1.165, 1.54) is 0 Å². The van der Waals surface area contributed by atoms with Gasteiger partial charge in [0.1, 0.15) is 0 Å². The summed E-state index contributed by atoms with van der Waals surface area (Å²) in [6.07, 6.45) is 3.08. The number of benzene rings is 1. The minimum absolute atomic E-state index is 0.000136.